The Morgan fingerprint density at radius 3 is 2.35 bits per heavy atom. The van der Waals surface area contributed by atoms with E-state index in [9.17, 15) is 0 Å². The van der Waals surface area contributed by atoms with Gasteiger partial charge >= 0.3 is 0 Å². The van der Waals surface area contributed by atoms with Crippen molar-refractivity contribution in [3.05, 3.63) is 58.9 Å². The average Bonchev–Trinajstić information content (AvgIpc) is 2.87. The second-order valence-electron chi connectivity index (χ2n) is 5.78. The highest BCUT2D eigenvalue weighted by Crippen LogP contribution is 2.08. The normalized spacial score (nSPS) is 11.0. The third kappa shape index (κ3) is 6.64. The maximum atomic E-state index is 4.26. The number of halogens is 1. The summed E-state index contributed by atoms with van der Waals surface area (Å²) < 4.78 is 2.05. The van der Waals surface area contributed by atoms with E-state index in [4.69, 9.17) is 0 Å². The fourth-order valence-corrected chi connectivity index (χ4v) is 2.61. The molecule has 2 rings (SSSR count). The van der Waals surface area contributed by atoms with E-state index in [1.807, 2.05) is 17.8 Å². The zero-order valence-corrected chi connectivity index (χ0v) is 16.7. The molecule has 0 amide bonds. The fourth-order valence-electron chi connectivity index (χ4n) is 2.61. The van der Waals surface area contributed by atoms with Crippen LogP contribution in [-0.2, 0) is 20.0 Å². The minimum absolute atomic E-state index is 0. The van der Waals surface area contributed by atoms with E-state index in [-0.39, 0.29) is 24.0 Å². The lowest BCUT2D eigenvalue weighted by molar-refractivity contribution is 0.792. The van der Waals surface area contributed by atoms with Crippen molar-refractivity contribution in [1.82, 2.24) is 15.2 Å². The first-order chi connectivity index (χ1) is 10.6. The lowest BCUT2D eigenvalue weighted by atomic mass is 10.1. The molecule has 2 N–H and O–H groups in total. The predicted octanol–water partition coefficient (Wildman–Crippen LogP) is 3.17. The number of nitrogens with one attached hydrogen (secondary N) is 2. The highest BCUT2D eigenvalue weighted by molar-refractivity contribution is 14.0. The molecule has 0 bridgehead atoms. The molecule has 126 valence electrons. The van der Waals surface area contributed by atoms with Gasteiger partial charge in [-0.2, -0.15) is 0 Å². The lowest BCUT2D eigenvalue weighted by Gasteiger charge is -2.12. The van der Waals surface area contributed by atoms with Gasteiger partial charge in [-0.15, -0.1) is 24.0 Å². The maximum absolute atomic E-state index is 4.26. The molecule has 1 heterocycles. The molecule has 0 saturated heterocycles. The van der Waals surface area contributed by atoms with Crippen LogP contribution in [0.4, 0.5) is 0 Å². The molecule has 0 atom stereocenters. The molecule has 1 aromatic carbocycles. The van der Waals surface area contributed by atoms with Crippen molar-refractivity contribution in [3.63, 3.8) is 0 Å². The molecule has 0 radical (unpaired) electrons. The fraction of sp³-hybridized carbons (Fsp3) is 0.389. The van der Waals surface area contributed by atoms with Crippen LogP contribution in [0.25, 0.3) is 0 Å². The van der Waals surface area contributed by atoms with E-state index in [0.717, 1.165) is 25.5 Å². The smallest absolute Gasteiger partial charge is 0.191 e. The van der Waals surface area contributed by atoms with Crippen LogP contribution in [0.5, 0.6) is 0 Å². The quantitative estimate of drug-likeness (QED) is 0.438. The summed E-state index contributed by atoms with van der Waals surface area (Å²) in [6, 6.07) is 8.80. The second kappa shape index (κ2) is 9.60. The number of rotatable bonds is 5. The summed E-state index contributed by atoms with van der Waals surface area (Å²) in [5.41, 5.74) is 5.26. The number of guanidine groups is 1. The van der Waals surface area contributed by atoms with Gasteiger partial charge in [-0.25, -0.2) is 0 Å². The van der Waals surface area contributed by atoms with Crippen LogP contribution in [0.15, 0.2) is 41.7 Å². The Labute approximate surface area is 156 Å². The van der Waals surface area contributed by atoms with Crippen molar-refractivity contribution >= 4 is 29.9 Å². The molecule has 0 saturated carbocycles. The lowest BCUT2D eigenvalue weighted by Crippen LogP contribution is -2.37. The van der Waals surface area contributed by atoms with Crippen molar-refractivity contribution in [3.8, 4) is 0 Å². The molecule has 0 aliphatic heterocycles. The number of aromatic nitrogens is 1. The number of aryl methyl sites for hydroxylation is 3. The van der Waals surface area contributed by atoms with Crippen molar-refractivity contribution in [2.75, 3.05) is 13.6 Å². The van der Waals surface area contributed by atoms with Gasteiger partial charge in [0.15, 0.2) is 5.96 Å². The van der Waals surface area contributed by atoms with Crippen LogP contribution >= 0.6 is 24.0 Å². The van der Waals surface area contributed by atoms with Gasteiger partial charge in [0.05, 0.1) is 0 Å². The summed E-state index contributed by atoms with van der Waals surface area (Å²) in [6.45, 7) is 5.94. The third-order valence-electron chi connectivity index (χ3n) is 3.56. The molecule has 23 heavy (non-hydrogen) atoms. The van der Waals surface area contributed by atoms with Crippen molar-refractivity contribution < 1.29 is 0 Å². The summed E-state index contributed by atoms with van der Waals surface area (Å²) in [6.07, 6.45) is 5.15. The topological polar surface area (TPSA) is 41.4 Å². The zero-order chi connectivity index (χ0) is 15.9. The molecule has 4 nitrogen and oxygen atoms in total. The second-order valence-corrected chi connectivity index (χ2v) is 5.78. The van der Waals surface area contributed by atoms with Crippen LogP contribution in [0, 0.1) is 13.8 Å². The van der Waals surface area contributed by atoms with E-state index in [2.05, 4.69) is 59.9 Å². The van der Waals surface area contributed by atoms with Gasteiger partial charge < -0.3 is 15.2 Å². The highest BCUT2D eigenvalue weighted by atomic mass is 127. The number of hydrogen-bond acceptors (Lipinski definition) is 1. The number of aliphatic imine (C=N–C) groups is 1. The van der Waals surface area contributed by atoms with Crippen molar-refractivity contribution in [1.29, 1.82) is 0 Å². The van der Waals surface area contributed by atoms with E-state index in [0.29, 0.717) is 0 Å². The Kier molecular flexibility index (Phi) is 8.16. The standard InChI is InChI=1S/C18H26N4.HI/c1-14-9-15(2)11-16(10-14)5-7-20-18(19-3)21-12-17-6-8-22(4)13-17;/h6,8-11,13H,5,7,12H2,1-4H3,(H2,19,20,21);1H. The van der Waals surface area contributed by atoms with Crippen molar-refractivity contribution in [2.24, 2.45) is 12.0 Å². The summed E-state index contributed by atoms with van der Waals surface area (Å²) in [7, 11) is 3.83. The first-order valence-corrected chi connectivity index (χ1v) is 7.69. The van der Waals surface area contributed by atoms with Gasteiger partial charge in [-0.05, 0) is 37.5 Å². The minimum atomic E-state index is 0. The highest BCUT2D eigenvalue weighted by Gasteiger charge is 2.00. The molecule has 2 aromatic rings. The molecule has 0 aliphatic rings. The summed E-state index contributed by atoms with van der Waals surface area (Å²) in [4.78, 5) is 4.26. The Hall–Kier alpha value is -1.50. The average molecular weight is 426 g/mol. The van der Waals surface area contributed by atoms with Crippen LogP contribution in [0.2, 0.25) is 0 Å². The van der Waals surface area contributed by atoms with Crippen molar-refractivity contribution in [2.45, 2.75) is 26.8 Å². The van der Waals surface area contributed by atoms with Gasteiger partial charge in [0, 0.05) is 39.6 Å². The molecule has 1 aromatic heterocycles. The largest absolute Gasteiger partial charge is 0.357 e. The van der Waals surface area contributed by atoms with E-state index in [1.54, 1.807) is 7.05 Å². The summed E-state index contributed by atoms with van der Waals surface area (Å²) in [5, 5.41) is 6.70. The van der Waals surface area contributed by atoms with Gasteiger partial charge in [-0.3, -0.25) is 4.99 Å². The molecule has 0 fully saturated rings. The number of hydrogen-bond donors (Lipinski definition) is 2. The van der Waals surface area contributed by atoms with Gasteiger partial charge in [0.25, 0.3) is 0 Å². The maximum Gasteiger partial charge on any atom is 0.191 e. The summed E-state index contributed by atoms with van der Waals surface area (Å²) >= 11 is 0. The molecular weight excluding hydrogens is 399 g/mol. The number of nitrogens with zero attached hydrogens (tertiary/aromatic N) is 2. The Morgan fingerprint density at radius 2 is 1.78 bits per heavy atom. The third-order valence-corrected chi connectivity index (χ3v) is 3.56. The van der Waals surface area contributed by atoms with E-state index >= 15 is 0 Å². The molecule has 5 heteroatoms. The predicted molar refractivity (Wildman–Crippen MR) is 109 cm³/mol. The van der Waals surface area contributed by atoms with Crippen LogP contribution in [0.3, 0.4) is 0 Å². The molecular formula is C18H27IN4. The van der Waals surface area contributed by atoms with Gasteiger partial charge in [-0.1, -0.05) is 29.3 Å². The molecule has 0 unspecified atom stereocenters. The Balaban J connectivity index is 0.00000264. The first-order valence-electron chi connectivity index (χ1n) is 7.69. The first kappa shape index (κ1) is 19.5. The monoisotopic (exact) mass is 426 g/mol. The SMILES string of the molecule is CN=C(NCCc1cc(C)cc(C)c1)NCc1ccn(C)c1.I. The molecule has 0 spiro atoms. The van der Waals surface area contributed by atoms with E-state index in [1.165, 1.54) is 22.3 Å². The summed E-state index contributed by atoms with van der Waals surface area (Å²) in [5.74, 6) is 0.841. The van der Waals surface area contributed by atoms with Crippen LogP contribution in [0.1, 0.15) is 22.3 Å². The minimum Gasteiger partial charge on any atom is -0.357 e. The zero-order valence-electron chi connectivity index (χ0n) is 14.4. The van der Waals surface area contributed by atoms with E-state index < -0.39 is 0 Å². The Bertz CT molecular complexity index is 626. The van der Waals surface area contributed by atoms with Crippen LogP contribution < -0.4 is 10.6 Å². The van der Waals surface area contributed by atoms with Gasteiger partial charge in [0.1, 0.15) is 0 Å². The Morgan fingerprint density at radius 1 is 1.09 bits per heavy atom. The number of benzene rings is 1. The molecule has 0 aliphatic carbocycles. The van der Waals surface area contributed by atoms with Crippen LogP contribution in [-0.4, -0.2) is 24.1 Å². The van der Waals surface area contributed by atoms with Gasteiger partial charge in [0.2, 0.25) is 0 Å².